The van der Waals surface area contributed by atoms with Gasteiger partial charge in [0.15, 0.2) is 35.2 Å². The van der Waals surface area contributed by atoms with Crippen LogP contribution in [-0.4, -0.2) is 79.4 Å². The number of carboxylic acids is 1. The molecule has 3 atom stereocenters. The van der Waals surface area contributed by atoms with E-state index in [9.17, 15) is 24.3 Å². The number of pyridine rings is 1. The molecule has 220 valence electrons. The zero-order valence-electron chi connectivity index (χ0n) is 23.3. The minimum absolute atomic E-state index is 0.00382. The largest absolute Gasteiger partial charge is 0.481 e. The number of nitrogens with two attached hydrogens (primary N) is 1. The average molecular weight is 606 g/mol. The molecule has 2 fully saturated rings. The van der Waals surface area contributed by atoms with Gasteiger partial charge in [-0.2, -0.15) is 0 Å². The van der Waals surface area contributed by atoms with E-state index in [4.69, 9.17) is 15.3 Å². The molecule has 0 bridgehead atoms. The summed E-state index contributed by atoms with van der Waals surface area (Å²) >= 11 is 2.37. The highest BCUT2D eigenvalue weighted by Gasteiger charge is 2.59. The third kappa shape index (κ3) is 6.62. The molecule has 0 aliphatic carbocycles. The Morgan fingerprint density at radius 3 is 2.51 bits per heavy atom. The summed E-state index contributed by atoms with van der Waals surface area (Å²) < 4.78 is 7.15. The Morgan fingerprint density at radius 2 is 1.93 bits per heavy atom. The van der Waals surface area contributed by atoms with Gasteiger partial charge in [0, 0.05) is 29.8 Å². The van der Waals surface area contributed by atoms with Crippen molar-refractivity contribution < 1.29 is 38.4 Å². The number of carbonyl (C=O) groups excluding carboxylic acids is 3. The van der Waals surface area contributed by atoms with E-state index in [1.165, 1.54) is 35.9 Å². The molecule has 41 heavy (non-hydrogen) atoms. The third-order valence-electron chi connectivity index (χ3n) is 6.38. The second kappa shape index (κ2) is 11.3. The van der Waals surface area contributed by atoms with Crippen LogP contribution in [0.3, 0.4) is 0 Å². The number of aliphatic carboxylic acids is 1. The molecule has 0 aromatic carbocycles. The van der Waals surface area contributed by atoms with Gasteiger partial charge in [-0.1, -0.05) is 11.2 Å². The lowest BCUT2D eigenvalue weighted by Gasteiger charge is -2.53. The van der Waals surface area contributed by atoms with Gasteiger partial charge in [-0.05, 0) is 34.6 Å². The predicted octanol–water partition coefficient (Wildman–Crippen LogP) is 1.02. The molecule has 2 aromatic rings. The lowest BCUT2D eigenvalue weighted by atomic mass is 9.86. The summed E-state index contributed by atoms with van der Waals surface area (Å²) in [4.78, 5) is 62.5. The number of hydrogen-bond acceptors (Lipinski definition) is 11. The first kappa shape index (κ1) is 30.2. The highest BCUT2D eigenvalue weighted by molar-refractivity contribution is 8.00. The number of oxime groups is 1. The Balaban J connectivity index is 1.49. The summed E-state index contributed by atoms with van der Waals surface area (Å²) in [6.45, 7) is 8.23. The van der Waals surface area contributed by atoms with E-state index in [0.717, 1.165) is 11.3 Å². The quantitative estimate of drug-likeness (QED) is 0.123. The van der Waals surface area contributed by atoms with Gasteiger partial charge in [-0.3, -0.25) is 14.4 Å². The normalized spacial score (nSPS) is 22.8. The molecule has 2 amide bonds. The molecule has 15 heteroatoms. The topological polar surface area (TPSA) is 177 Å². The maximum atomic E-state index is 13.4. The number of aromatic nitrogens is 2. The van der Waals surface area contributed by atoms with Crippen LogP contribution in [0.25, 0.3) is 0 Å². The summed E-state index contributed by atoms with van der Waals surface area (Å²) in [5, 5.41) is 17.9. The molecule has 0 saturated carbocycles. The summed E-state index contributed by atoms with van der Waals surface area (Å²) in [6, 6.07) is 4.54. The standard InChI is InChI=1S/C26H32N6O7S2/c1-24(2,3)38-22(37)25(4,5)39-30-16(15-11-40-23(27)28-15)18(33)29-17-19(34)32-13-26(21(35)36,14-41-20(17)32)12-31-9-7-6-8-10-31/h6-11,17,20H,12-14H2,1-5H3,(H3-,27,28,29,33,35,36)/p+1/t17-,20-,26?/m1/s1. The molecule has 13 nitrogen and oxygen atoms in total. The van der Waals surface area contributed by atoms with E-state index in [2.05, 4.69) is 15.5 Å². The van der Waals surface area contributed by atoms with Gasteiger partial charge in [-0.15, -0.1) is 23.1 Å². The predicted molar refractivity (Wildman–Crippen MR) is 151 cm³/mol. The second-order valence-corrected chi connectivity index (χ2v) is 13.4. The highest BCUT2D eigenvalue weighted by Crippen LogP contribution is 2.42. The van der Waals surface area contributed by atoms with Gasteiger partial charge in [0.1, 0.15) is 22.7 Å². The van der Waals surface area contributed by atoms with E-state index < -0.39 is 51.8 Å². The van der Waals surface area contributed by atoms with Crippen LogP contribution in [0.15, 0.2) is 41.1 Å². The van der Waals surface area contributed by atoms with E-state index in [-0.39, 0.29) is 35.4 Å². The van der Waals surface area contributed by atoms with Crippen molar-refractivity contribution in [3.05, 3.63) is 41.7 Å². The number of nitrogens with one attached hydrogen (secondary N) is 1. The van der Waals surface area contributed by atoms with Gasteiger partial charge < -0.3 is 30.6 Å². The fourth-order valence-electron chi connectivity index (χ4n) is 4.22. The van der Waals surface area contributed by atoms with Gasteiger partial charge in [0.25, 0.3) is 5.91 Å². The number of carbonyl (C=O) groups is 4. The minimum Gasteiger partial charge on any atom is -0.481 e. The number of hydrogen-bond donors (Lipinski definition) is 3. The fourth-order valence-corrected chi connectivity index (χ4v) is 6.30. The number of nitrogen functional groups attached to an aromatic ring is 1. The first-order valence-electron chi connectivity index (χ1n) is 12.7. The first-order valence-corrected chi connectivity index (χ1v) is 14.7. The lowest BCUT2D eigenvalue weighted by Crippen LogP contribution is -2.75. The Morgan fingerprint density at radius 1 is 1.24 bits per heavy atom. The van der Waals surface area contributed by atoms with Crippen molar-refractivity contribution in [3.8, 4) is 0 Å². The number of rotatable bonds is 9. The van der Waals surface area contributed by atoms with Gasteiger partial charge in [0.2, 0.25) is 11.5 Å². The van der Waals surface area contributed by atoms with Crippen molar-refractivity contribution in [2.24, 2.45) is 10.6 Å². The van der Waals surface area contributed by atoms with Crippen molar-refractivity contribution in [1.29, 1.82) is 0 Å². The van der Waals surface area contributed by atoms with Crippen molar-refractivity contribution in [3.63, 3.8) is 0 Å². The molecule has 0 radical (unpaired) electrons. The Kier molecular flexibility index (Phi) is 8.32. The molecular formula is C26H33N6O7S2+. The maximum absolute atomic E-state index is 13.4. The Hall–Kier alpha value is -3.72. The van der Waals surface area contributed by atoms with Crippen LogP contribution in [0.1, 0.15) is 40.3 Å². The molecule has 1 unspecified atom stereocenters. The highest BCUT2D eigenvalue weighted by atomic mass is 32.2. The smallest absolute Gasteiger partial charge is 0.353 e. The number of anilines is 1. The number of thioether (sulfide) groups is 1. The second-order valence-electron chi connectivity index (χ2n) is 11.4. The van der Waals surface area contributed by atoms with Crippen molar-refractivity contribution in [2.75, 3.05) is 18.0 Å². The number of β-lactam (4-membered cyclic amide) rings is 1. The summed E-state index contributed by atoms with van der Waals surface area (Å²) in [6.07, 6.45) is 3.56. The lowest BCUT2D eigenvalue weighted by molar-refractivity contribution is -0.706. The fraction of sp³-hybridized carbons (Fsp3) is 0.500. The summed E-state index contributed by atoms with van der Waals surface area (Å²) in [5.74, 6) is -2.62. The van der Waals surface area contributed by atoms with Crippen molar-refractivity contribution in [1.82, 2.24) is 15.2 Å². The molecule has 0 spiro atoms. The number of thiazole rings is 1. The van der Waals surface area contributed by atoms with Crippen LogP contribution in [0.5, 0.6) is 0 Å². The van der Waals surface area contributed by atoms with Gasteiger partial charge in [0.05, 0.1) is 0 Å². The average Bonchev–Trinajstić information content (AvgIpc) is 3.32. The third-order valence-corrected chi connectivity index (χ3v) is 8.64. The van der Waals surface area contributed by atoms with Crippen molar-refractivity contribution >= 4 is 57.7 Å². The van der Waals surface area contributed by atoms with E-state index in [1.807, 2.05) is 18.2 Å². The summed E-state index contributed by atoms with van der Waals surface area (Å²) in [5.41, 5.74) is 2.09. The zero-order chi connectivity index (χ0) is 30.2. The molecule has 2 aromatic heterocycles. The van der Waals surface area contributed by atoms with Crippen LogP contribution >= 0.6 is 23.1 Å². The molecule has 2 saturated heterocycles. The van der Waals surface area contributed by atoms with Crippen molar-refractivity contribution in [2.45, 2.75) is 63.8 Å². The Labute approximate surface area is 245 Å². The van der Waals surface area contributed by atoms with E-state index >= 15 is 0 Å². The zero-order valence-corrected chi connectivity index (χ0v) is 25.0. The van der Waals surface area contributed by atoms with Crippen LogP contribution < -0.4 is 15.6 Å². The SMILES string of the molecule is CC(C)(C)OC(=O)C(C)(C)ON=C(C(=O)N[C@@H]1C(=O)N2CC(C[n+]3ccccc3)(C(=O)O)CS[C@H]12)c1csc(N)n1. The number of carboxylic acid groups (broad SMARTS) is 1. The molecular weight excluding hydrogens is 572 g/mol. The molecule has 4 N–H and O–H groups in total. The minimum atomic E-state index is -1.54. The molecule has 2 aliphatic rings. The molecule has 4 rings (SSSR count). The Bertz CT molecular complexity index is 1370. The van der Waals surface area contributed by atoms with Crippen LogP contribution in [-0.2, 0) is 35.3 Å². The van der Waals surface area contributed by atoms with E-state index in [1.54, 1.807) is 37.7 Å². The maximum Gasteiger partial charge on any atom is 0.353 e. The van der Waals surface area contributed by atoms with Crippen LogP contribution in [0.2, 0.25) is 0 Å². The monoisotopic (exact) mass is 605 g/mol. The van der Waals surface area contributed by atoms with Gasteiger partial charge >= 0.3 is 11.9 Å². The number of esters is 1. The van der Waals surface area contributed by atoms with Gasteiger partial charge in [-0.25, -0.2) is 14.3 Å². The number of fused-ring (bicyclic) bond motifs is 1. The van der Waals surface area contributed by atoms with E-state index in [0.29, 0.717) is 0 Å². The molecule has 2 aliphatic heterocycles. The number of ether oxygens (including phenoxy) is 1. The number of nitrogens with zero attached hydrogens (tertiary/aromatic N) is 4. The first-order chi connectivity index (χ1) is 19.1. The number of amides is 2. The van der Waals surface area contributed by atoms with Crippen LogP contribution in [0, 0.1) is 5.41 Å². The van der Waals surface area contributed by atoms with Crippen LogP contribution in [0.4, 0.5) is 5.13 Å². The summed E-state index contributed by atoms with van der Waals surface area (Å²) in [7, 11) is 0. The molecule has 4 heterocycles.